The molecule has 1 atom stereocenters. The van der Waals surface area contributed by atoms with Gasteiger partial charge in [0.15, 0.2) is 0 Å². The molecule has 0 amide bonds. The van der Waals surface area contributed by atoms with E-state index < -0.39 is 0 Å². The summed E-state index contributed by atoms with van der Waals surface area (Å²) in [6, 6.07) is 0. The Kier molecular flexibility index (Phi) is 3.90. The quantitative estimate of drug-likeness (QED) is 0.806. The monoisotopic (exact) mass is 241 g/mol. The van der Waals surface area contributed by atoms with Gasteiger partial charge in [0.2, 0.25) is 0 Å². The smallest absolute Gasteiger partial charge is 0.0295 e. The molecule has 0 aromatic heterocycles. The van der Waals surface area contributed by atoms with Crippen LogP contribution in [0.2, 0.25) is 0 Å². The third kappa shape index (κ3) is 2.43. The molecule has 1 nitrogen and oxygen atoms in total. The zero-order chi connectivity index (χ0) is 11.6. The molecule has 2 aliphatic carbocycles. The molecular weight excluding hydrogens is 214 g/mol. The van der Waals surface area contributed by atoms with E-state index in [0.717, 1.165) is 17.2 Å². The topological polar surface area (TPSA) is 26.0 Å². The van der Waals surface area contributed by atoms with Gasteiger partial charge in [-0.2, -0.15) is 11.8 Å². The lowest BCUT2D eigenvalue weighted by atomic mass is 9.55. The summed E-state index contributed by atoms with van der Waals surface area (Å²) in [6.45, 7) is 5.54. The summed E-state index contributed by atoms with van der Waals surface area (Å²) in [5, 5.41) is 0.782. The average Bonchev–Trinajstić information content (AvgIpc) is 2.27. The van der Waals surface area contributed by atoms with Gasteiger partial charge in [0.05, 0.1) is 0 Å². The van der Waals surface area contributed by atoms with Gasteiger partial charge in [-0.3, -0.25) is 0 Å². The van der Waals surface area contributed by atoms with Crippen molar-refractivity contribution in [3.05, 3.63) is 0 Å². The largest absolute Gasteiger partial charge is 0.329 e. The highest BCUT2D eigenvalue weighted by molar-refractivity contribution is 8.01. The summed E-state index contributed by atoms with van der Waals surface area (Å²) in [7, 11) is 0. The molecule has 0 radical (unpaired) electrons. The highest BCUT2D eigenvalue weighted by atomic mass is 32.2. The van der Waals surface area contributed by atoms with E-state index in [1.54, 1.807) is 0 Å². The van der Waals surface area contributed by atoms with E-state index in [2.05, 4.69) is 25.6 Å². The first-order chi connectivity index (χ1) is 7.64. The fourth-order valence-corrected chi connectivity index (χ4v) is 5.65. The van der Waals surface area contributed by atoms with Crippen LogP contribution in [0.25, 0.3) is 0 Å². The second-order valence-electron chi connectivity index (χ2n) is 6.14. The SMILES string of the molecule is CCC(C)SC1(CN)CC2(CCCCC2)C1. The first-order valence-corrected chi connectivity index (χ1v) is 7.90. The van der Waals surface area contributed by atoms with E-state index in [4.69, 9.17) is 5.73 Å². The van der Waals surface area contributed by atoms with Gasteiger partial charge in [-0.15, -0.1) is 0 Å². The summed E-state index contributed by atoms with van der Waals surface area (Å²) >= 11 is 2.18. The molecule has 2 saturated carbocycles. The zero-order valence-electron chi connectivity index (χ0n) is 10.9. The first kappa shape index (κ1) is 12.8. The number of nitrogens with two attached hydrogens (primary N) is 1. The zero-order valence-corrected chi connectivity index (χ0v) is 11.7. The minimum Gasteiger partial charge on any atom is -0.329 e. The van der Waals surface area contributed by atoms with Crippen molar-refractivity contribution in [2.24, 2.45) is 11.1 Å². The molecule has 2 aliphatic rings. The van der Waals surface area contributed by atoms with Crippen LogP contribution < -0.4 is 5.73 Å². The van der Waals surface area contributed by atoms with Crippen LogP contribution in [0.5, 0.6) is 0 Å². The van der Waals surface area contributed by atoms with E-state index in [1.807, 2.05) is 0 Å². The van der Waals surface area contributed by atoms with Crippen molar-refractivity contribution in [2.45, 2.75) is 75.2 Å². The minimum atomic E-state index is 0.451. The Morgan fingerprint density at radius 1 is 1.19 bits per heavy atom. The minimum absolute atomic E-state index is 0.451. The average molecular weight is 241 g/mol. The second-order valence-corrected chi connectivity index (χ2v) is 8.04. The summed E-state index contributed by atoms with van der Waals surface area (Å²) in [6.07, 6.45) is 11.5. The molecule has 0 bridgehead atoms. The number of thioether (sulfide) groups is 1. The predicted octanol–water partition coefficient (Wildman–Crippen LogP) is 3.96. The van der Waals surface area contributed by atoms with Crippen molar-refractivity contribution < 1.29 is 0 Å². The lowest BCUT2D eigenvalue weighted by molar-refractivity contribution is 0.0399. The molecule has 16 heavy (non-hydrogen) atoms. The van der Waals surface area contributed by atoms with Gasteiger partial charge >= 0.3 is 0 Å². The van der Waals surface area contributed by atoms with E-state index in [-0.39, 0.29) is 0 Å². The normalized spacial score (nSPS) is 28.7. The standard InChI is InChI=1S/C14H27NS/c1-3-12(2)16-14(11-15)9-13(10-14)7-5-4-6-8-13/h12H,3-11,15H2,1-2H3. The molecule has 2 heteroatoms. The van der Waals surface area contributed by atoms with Crippen LogP contribution >= 0.6 is 11.8 Å². The Morgan fingerprint density at radius 2 is 1.81 bits per heavy atom. The fourth-order valence-electron chi connectivity index (χ4n) is 3.76. The van der Waals surface area contributed by atoms with Gasteiger partial charge in [0.25, 0.3) is 0 Å². The van der Waals surface area contributed by atoms with Crippen LogP contribution in [0.3, 0.4) is 0 Å². The van der Waals surface area contributed by atoms with Crippen molar-refractivity contribution in [1.29, 1.82) is 0 Å². The summed E-state index contributed by atoms with van der Waals surface area (Å²) in [4.78, 5) is 0. The lowest BCUT2D eigenvalue weighted by Gasteiger charge is -2.58. The molecule has 2 fully saturated rings. The molecule has 2 N–H and O–H groups in total. The van der Waals surface area contributed by atoms with Crippen molar-refractivity contribution in [3.8, 4) is 0 Å². The fraction of sp³-hybridized carbons (Fsp3) is 1.00. The third-order valence-electron chi connectivity index (χ3n) is 4.71. The van der Waals surface area contributed by atoms with E-state index in [9.17, 15) is 0 Å². The maximum absolute atomic E-state index is 6.04. The van der Waals surface area contributed by atoms with Crippen LogP contribution in [-0.4, -0.2) is 16.5 Å². The van der Waals surface area contributed by atoms with Crippen LogP contribution in [0.15, 0.2) is 0 Å². The molecule has 1 spiro atoms. The molecule has 0 saturated heterocycles. The van der Waals surface area contributed by atoms with Gasteiger partial charge in [0, 0.05) is 16.5 Å². The maximum atomic E-state index is 6.04. The van der Waals surface area contributed by atoms with Gasteiger partial charge in [-0.1, -0.05) is 33.1 Å². The molecular formula is C14H27NS. The van der Waals surface area contributed by atoms with Crippen molar-refractivity contribution in [1.82, 2.24) is 0 Å². The summed E-state index contributed by atoms with van der Waals surface area (Å²) in [5.41, 5.74) is 6.76. The van der Waals surface area contributed by atoms with E-state index >= 15 is 0 Å². The number of rotatable bonds is 4. The number of hydrogen-bond acceptors (Lipinski definition) is 2. The molecule has 1 unspecified atom stereocenters. The Morgan fingerprint density at radius 3 is 2.31 bits per heavy atom. The van der Waals surface area contributed by atoms with Crippen molar-refractivity contribution in [2.75, 3.05) is 6.54 Å². The summed E-state index contributed by atoms with van der Waals surface area (Å²) in [5.74, 6) is 0. The molecule has 94 valence electrons. The predicted molar refractivity (Wildman–Crippen MR) is 73.9 cm³/mol. The third-order valence-corrected chi connectivity index (χ3v) is 6.40. The Labute approximate surface area is 105 Å². The van der Waals surface area contributed by atoms with E-state index in [1.165, 1.54) is 51.4 Å². The Balaban J connectivity index is 1.90. The van der Waals surface area contributed by atoms with Crippen molar-refractivity contribution in [3.63, 3.8) is 0 Å². The van der Waals surface area contributed by atoms with Gasteiger partial charge in [0.1, 0.15) is 0 Å². The van der Waals surface area contributed by atoms with Crippen LogP contribution in [0.4, 0.5) is 0 Å². The number of hydrogen-bond donors (Lipinski definition) is 1. The maximum Gasteiger partial charge on any atom is 0.0295 e. The summed E-state index contributed by atoms with van der Waals surface area (Å²) < 4.78 is 0.451. The van der Waals surface area contributed by atoms with Crippen LogP contribution in [0, 0.1) is 5.41 Å². The molecule has 0 aromatic carbocycles. The molecule has 0 aliphatic heterocycles. The van der Waals surface area contributed by atoms with Gasteiger partial charge < -0.3 is 5.73 Å². The highest BCUT2D eigenvalue weighted by Gasteiger charge is 2.54. The van der Waals surface area contributed by atoms with Crippen molar-refractivity contribution >= 4 is 11.8 Å². The Bertz CT molecular complexity index is 225. The van der Waals surface area contributed by atoms with E-state index in [0.29, 0.717) is 4.75 Å². The molecule has 0 heterocycles. The second kappa shape index (κ2) is 4.89. The molecule has 2 rings (SSSR count). The van der Waals surface area contributed by atoms with Gasteiger partial charge in [-0.25, -0.2) is 0 Å². The Hall–Kier alpha value is 0.310. The van der Waals surface area contributed by atoms with Crippen LogP contribution in [-0.2, 0) is 0 Å². The van der Waals surface area contributed by atoms with Gasteiger partial charge in [-0.05, 0) is 37.5 Å². The highest BCUT2D eigenvalue weighted by Crippen LogP contribution is 2.62. The van der Waals surface area contributed by atoms with Crippen LogP contribution in [0.1, 0.15) is 65.2 Å². The lowest BCUT2D eigenvalue weighted by Crippen LogP contribution is -2.55. The first-order valence-electron chi connectivity index (χ1n) is 7.02. The molecule has 0 aromatic rings.